The maximum atomic E-state index is 12.1. The van der Waals surface area contributed by atoms with Gasteiger partial charge in [0.2, 0.25) is 5.91 Å². The molecule has 0 fully saturated rings. The third kappa shape index (κ3) is 5.66. The van der Waals surface area contributed by atoms with Gasteiger partial charge in [-0.3, -0.25) is 9.59 Å². The number of alkyl halides is 2. The fourth-order valence-electron chi connectivity index (χ4n) is 2.36. The van der Waals surface area contributed by atoms with E-state index in [-0.39, 0.29) is 30.2 Å². The van der Waals surface area contributed by atoms with E-state index < -0.39 is 6.61 Å². The van der Waals surface area contributed by atoms with Crippen molar-refractivity contribution in [1.29, 1.82) is 0 Å². The molecule has 0 saturated heterocycles. The smallest absolute Gasteiger partial charge is 0.387 e. The molecule has 1 aromatic carbocycles. The minimum Gasteiger partial charge on any atom is -0.435 e. The van der Waals surface area contributed by atoms with Crippen LogP contribution in [0, 0.1) is 13.8 Å². The SMILES string of the molecule is Cc1nc(C)c(CCC(=O)NCc2ccc(OC(F)F)cc2)c(=O)[nH]1. The summed E-state index contributed by atoms with van der Waals surface area (Å²) in [6.07, 6.45) is 0.447. The van der Waals surface area contributed by atoms with Gasteiger partial charge < -0.3 is 15.0 Å². The molecule has 0 aliphatic rings. The monoisotopic (exact) mass is 351 g/mol. The van der Waals surface area contributed by atoms with Crippen molar-refractivity contribution in [3.05, 3.63) is 57.3 Å². The molecule has 6 nitrogen and oxygen atoms in total. The predicted octanol–water partition coefficient (Wildman–Crippen LogP) is 2.24. The van der Waals surface area contributed by atoms with Gasteiger partial charge in [0.25, 0.3) is 5.56 Å². The zero-order chi connectivity index (χ0) is 18.4. The van der Waals surface area contributed by atoms with Crippen molar-refractivity contribution < 1.29 is 18.3 Å². The normalized spacial score (nSPS) is 10.8. The number of hydrogen-bond acceptors (Lipinski definition) is 4. The minimum absolute atomic E-state index is 0.0617. The lowest BCUT2D eigenvalue weighted by atomic mass is 10.1. The topological polar surface area (TPSA) is 84.1 Å². The van der Waals surface area contributed by atoms with Gasteiger partial charge >= 0.3 is 6.61 Å². The second-order valence-electron chi connectivity index (χ2n) is 5.51. The molecular formula is C17H19F2N3O3. The minimum atomic E-state index is -2.87. The molecule has 134 valence electrons. The molecule has 0 radical (unpaired) electrons. The van der Waals surface area contributed by atoms with Gasteiger partial charge in [-0.05, 0) is 38.0 Å². The quantitative estimate of drug-likeness (QED) is 0.801. The summed E-state index contributed by atoms with van der Waals surface area (Å²) in [6, 6.07) is 6.01. The molecule has 25 heavy (non-hydrogen) atoms. The Kier molecular flexibility index (Phi) is 6.21. The van der Waals surface area contributed by atoms with E-state index in [2.05, 4.69) is 20.0 Å². The van der Waals surface area contributed by atoms with Crippen LogP contribution in [-0.4, -0.2) is 22.5 Å². The van der Waals surface area contributed by atoms with Crippen LogP contribution in [0.4, 0.5) is 8.78 Å². The number of ether oxygens (including phenoxy) is 1. The number of halogens is 2. The number of aromatic amines is 1. The summed E-state index contributed by atoms with van der Waals surface area (Å²) >= 11 is 0. The zero-order valence-electron chi connectivity index (χ0n) is 13.9. The lowest BCUT2D eigenvalue weighted by Gasteiger charge is -2.08. The number of rotatable bonds is 7. The molecule has 2 aromatic rings. The molecule has 8 heteroatoms. The van der Waals surface area contributed by atoms with E-state index >= 15 is 0 Å². The fraction of sp³-hybridized carbons (Fsp3) is 0.353. The van der Waals surface area contributed by atoms with Gasteiger partial charge in [-0.25, -0.2) is 4.98 Å². The first-order valence-electron chi connectivity index (χ1n) is 7.72. The molecule has 0 aliphatic heterocycles. The van der Waals surface area contributed by atoms with E-state index in [1.165, 1.54) is 12.1 Å². The number of hydrogen-bond donors (Lipinski definition) is 2. The lowest BCUT2D eigenvalue weighted by molar-refractivity contribution is -0.121. The molecule has 2 rings (SSSR count). The lowest BCUT2D eigenvalue weighted by Crippen LogP contribution is -2.25. The van der Waals surface area contributed by atoms with Crippen LogP contribution >= 0.6 is 0 Å². The highest BCUT2D eigenvalue weighted by Crippen LogP contribution is 2.14. The number of nitrogens with zero attached hydrogens (tertiary/aromatic N) is 1. The second kappa shape index (κ2) is 8.36. The summed E-state index contributed by atoms with van der Waals surface area (Å²) in [5.74, 6) is 0.383. The third-order valence-corrected chi connectivity index (χ3v) is 3.58. The first-order chi connectivity index (χ1) is 11.8. The Labute approximate surface area is 143 Å². The van der Waals surface area contributed by atoms with Crippen molar-refractivity contribution in [2.75, 3.05) is 0 Å². The van der Waals surface area contributed by atoms with Crippen LogP contribution in [0.3, 0.4) is 0 Å². The molecule has 2 N–H and O–H groups in total. The maximum Gasteiger partial charge on any atom is 0.387 e. The molecule has 0 aliphatic carbocycles. The molecule has 0 bridgehead atoms. The van der Waals surface area contributed by atoms with E-state index in [1.807, 2.05) is 0 Å². The summed E-state index contributed by atoms with van der Waals surface area (Å²) in [7, 11) is 0. The van der Waals surface area contributed by atoms with Gasteiger partial charge in [-0.15, -0.1) is 0 Å². The number of carbonyl (C=O) groups excluding carboxylic acids is 1. The molecule has 1 heterocycles. The summed E-state index contributed by atoms with van der Waals surface area (Å²) in [6.45, 7) is 0.824. The van der Waals surface area contributed by atoms with E-state index in [9.17, 15) is 18.4 Å². The standard InChI is InChI=1S/C17H19F2N3O3/c1-10-14(16(24)22-11(2)21-10)7-8-15(23)20-9-12-3-5-13(6-4-12)25-17(18)19/h3-6,17H,7-9H2,1-2H3,(H,20,23)(H,21,22,24). The van der Waals surface area contributed by atoms with Crippen molar-refractivity contribution in [1.82, 2.24) is 15.3 Å². The largest absolute Gasteiger partial charge is 0.435 e. The number of H-pyrrole nitrogens is 1. The Morgan fingerprint density at radius 1 is 1.28 bits per heavy atom. The summed E-state index contributed by atoms with van der Waals surface area (Å²) in [5, 5.41) is 2.72. The first-order valence-corrected chi connectivity index (χ1v) is 7.72. The Bertz CT molecular complexity index is 789. The Balaban J connectivity index is 1.84. The molecular weight excluding hydrogens is 332 g/mol. The number of aromatic nitrogens is 2. The van der Waals surface area contributed by atoms with Crippen molar-refractivity contribution in [2.24, 2.45) is 0 Å². The predicted molar refractivity (Wildman–Crippen MR) is 87.6 cm³/mol. The average Bonchev–Trinajstić information content (AvgIpc) is 2.52. The van der Waals surface area contributed by atoms with E-state index in [4.69, 9.17) is 0 Å². The Morgan fingerprint density at radius 3 is 2.56 bits per heavy atom. The van der Waals surface area contributed by atoms with Gasteiger partial charge in [0, 0.05) is 24.2 Å². The van der Waals surface area contributed by atoms with Crippen molar-refractivity contribution in [3.63, 3.8) is 0 Å². The number of carbonyl (C=O) groups is 1. The van der Waals surface area contributed by atoms with Crippen molar-refractivity contribution >= 4 is 5.91 Å². The van der Waals surface area contributed by atoms with Crippen LogP contribution < -0.4 is 15.6 Å². The fourth-order valence-corrected chi connectivity index (χ4v) is 2.36. The van der Waals surface area contributed by atoms with Crippen LogP contribution in [0.15, 0.2) is 29.1 Å². The van der Waals surface area contributed by atoms with Gasteiger partial charge in [0.15, 0.2) is 0 Å². The zero-order valence-corrected chi connectivity index (χ0v) is 13.9. The van der Waals surface area contributed by atoms with Crippen LogP contribution in [0.5, 0.6) is 5.75 Å². The molecule has 0 saturated carbocycles. The maximum absolute atomic E-state index is 12.1. The van der Waals surface area contributed by atoms with E-state index in [0.29, 0.717) is 23.5 Å². The third-order valence-electron chi connectivity index (χ3n) is 3.58. The summed E-state index contributed by atoms with van der Waals surface area (Å²) in [5.41, 5.74) is 1.63. The molecule has 1 aromatic heterocycles. The van der Waals surface area contributed by atoms with Crippen molar-refractivity contribution in [3.8, 4) is 5.75 Å². The number of nitrogens with one attached hydrogen (secondary N) is 2. The van der Waals surface area contributed by atoms with Crippen LogP contribution in [0.2, 0.25) is 0 Å². The van der Waals surface area contributed by atoms with E-state index in [0.717, 1.165) is 5.56 Å². The molecule has 1 amide bonds. The van der Waals surface area contributed by atoms with Crippen molar-refractivity contribution in [2.45, 2.75) is 39.8 Å². The molecule has 0 atom stereocenters. The number of amides is 1. The summed E-state index contributed by atoms with van der Waals surface area (Å²) in [4.78, 5) is 30.6. The first kappa shape index (κ1) is 18.6. The van der Waals surface area contributed by atoms with Gasteiger partial charge in [-0.1, -0.05) is 12.1 Å². The Hall–Kier alpha value is -2.77. The van der Waals surface area contributed by atoms with Crippen LogP contribution in [0.25, 0.3) is 0 Å². The number of benzene rings is 1. The van der Waals surface area contributed by atoms with Gasteiger partial charge in [0.05, 0.1) is 0 Å². The highest BCUT2D eigenvalue weighted by atomic mass is 19.3. The van der Waals surface area contributed by atoms with Crippen LogP contribution in [-0.2, 0) is 17.8 Å². The molecule has 0 spiro atoms. The summed E-state index contributed by atoms with van der Waals surface area (Å²) < 4.78 is 28.4. The second-order valence-corrected chi connectivity index (χ2v) is 5.51. The number of aryl methyl sites for hydroxylation is 2. The van der Waals surface area contributed by atoms with Gasteiger partial charge in [0.1, 0.15) is 11.6 Å². The van der Waals surface area contributed by atoms with E-state index in [1.54, 1.807) is 26.0 Å². The van der Waals surface area contributed by atoms with Crippen LogP contribution in [0.1, 0.15) is 29.1 Å². The highest BCUT2D eigenvalue weighted by Gasteiger charge is 2.10. The van der Waals surface area contributed by atoms with Gasteiger partial charge in [-0.2, -0.15) is 8.78 Å². The average molecular weight is 351 g/mol. The Morgan fingerprint density at radius 2 is 1.96 bits per heavy atom. The molecule has 0 unspecified atom stereocenters. The highest BCUT2D eigenvalue weighted by molar-refractivity contribution is 5.76.